The van der Waals surface area contributed by atoms with Crippen LogP contribution in [0.15, 0.2) is 36.8 Å². The zero-order valence-corrected chi connectivity index (χ0v) is 11.7. The molecule has 0 aliphatic heterocycles. The minimum absolute atomic E-state index is 0.00450. The van der Waals surface area contributed by atoms with Gasteiger partial charge in [-0.05, 0) is 18.1 Å². The summed E-state index contributed by atoms with van der Waals surface area (Å²) in [6, 6.07) is 7.04. The second-order valence-corrected chi connectivity index (χ2v) is 4.76. The van der Waals surface area contributed by atoms with E-state index in [9.17, 15) is 9.59 Å². The third-order valence-electron chi connectivity index (χ3n) is 3.06. The molecule has 2 rings (SSSR count). The van der Waals surface area contributed by atoms with Crippen molar-refractivity contribution in [1.82, 2.24) is 14.9 Å². The Bertz CT molecular complexity index is 649. The van der Waals surface area contributed by atoms with E-state index in [1.165, 1.54) is 0 Å². The summed E-state index contributed by atoms with van der Waals surface area (Å²) in [6.07, 6.45) is 3.84. The predicted octanol–water partition coefficient (Wildman–Crippen LogP) is 1.37. The molecule has 0 unspecified atom stereocenters. The van der Waals surface area contributed by atoms with E-state index in [1.807, 2.05) is 17.8 Å². The highest BCUT2D eigenvalue weighted by Crippen LogP contribution is 2.11. The topological polar surface area (TPSA) is 84.2 Å². The molecule has 2 N–H and O–H groups in total. The second kappa shape index (κ2) is 6.69. The average molecular weight is 287 g/mol. The maximum absolute atomic E-state index is 12.2. The van der Waals surface area contributed by atoms with Gasteiger partial charge in [-0.15, -0.1) is 0 Å². The molecule has 0 spiro atoms. The molecule has 0 radical (unpaired) electrons. The molecular formula is C15H17N3O3. The number of hydrogen-bond acceptors (Lipinski definition) is 3. The van der Waals surface area contributed by atoms with Crippen molar-refractivity contribution in [2.45, 2.75) is 19.4 Å². The Balaban J connectivity index is 2.02. The van der Waals surface area contributed by atoms with Crippen molar-refractivity contribution in [3.8, 4) is 0 Å². The van der Waals surface area contributed by atoms with Gasteiger partial charge in [0.1, 0.15) is 0 Å². The summed E-state index contributed by atoms with van der Waals surface area (Å²) in [6.45, 7) is 0.340. The van der Waals surface area contributed by atoms with Crippen molar-refractivity contribution in [3.05, 3.63) is 53.6 Å². The number of carbonyl (C=O) groups excluding carboxylic acids is 1. The molecule has 0 aliphatic carbocycles. The summed E-state index contributed by atoms with van der Waals surface area (Å²) in [5.74, 6) is -1.10. The first-order valence-electron chi connectivity index (χ1n) is 6.61. The lowest BCUT2D eigenvalue weighted by molar-refractivity contribution is -0.136. The smallest absolute Gasteiger partial charge is 0.303 e. The van der Waals surface area contributed by atoms with Crippen LogP contribution >= 0.6 is 0 Å². The molecule has 0 saturated carbocycles. The first-order chi connectivity index (χ1) is 10.1. The number of rotatable bonds is 6. The Morgan fingerprint density at radius 1 is 1.33 bits per heavy atom. The van der Waals surface area contributed by atoms with Crippen molar-refractivity contribution in [3.63, 3.8) is 0 Å². The standard InChI is InChI=1S/C15H17N3O3/c1-18-9-12(17-10-18)8-16-15(21)13-5-3-2-4-11(13)6-7-14(19)20/h2-5,9-10H,6-8H2,1H3,(H,16,21)(H,19,20). The maximum Gasteiger partial charge on any atom is 0.303 e. The molecule has 6 nitrogen and oxygen atoms in total. The van der Waals surface area contributed by atoms with E-state index in [0.717, 1.165) is 11.3 Å². The lowest BCUT2D eigenvalue weighted by Gasteiger charge is -2.08. The highest BCUT2D eigenvalue weighted by molar-refractivity contribution is 5.95. The third-order valence-corrected chi connectivity index (χ3v) is 3.06. The van der Waals surface area contributed by atoms with Crippen molar-refractivity contribution >= 4 is 11.9 Å². The first kappa shape index (κ1) is 14.8. The molecule has 1 heterocycles. The third kappa shape index (κ3) is 4.17. The van der Waals surface area contributed by atoms with Crippen LogP contribution in [0.2, 0.25) is 0 Å². The lowest BCUT2D eigenvalue weighted by atomic mass is 10.0. The number of aliphatic carboxylic acids is 1. The summed E-state index contributed by atoms with van der Waals surface area (Å²) in [4.78, 5) is 27.0. The van der Waals surface area contributed by atoms with Crippen LogP contribution in [0, 0.1) is 0 Å². The van der Waals surface area contributed by atoms with E-state index < -0.39 is 5.97 Å². The van der Waals surface area contributed by atoms with Gasteiger partial charge in [-0.3, -0.25) is 9.59 Å². The highest BCUT2D eigenvalue weighted by atomic mass is 16.4. The minimum Gasteiger partial charge on any atom is -0.481 e. The molecule has 110 valence electrons. The van der Waals surface area contributed by atoms with E-state index in [0.29, 0.717) is 18.5 Å². The lowest BCUT2D eigenvalue weighted by Crippen LogP contribution is -2.24. The molecule has 0 atom stereocenters. The predicted molar refractivity (Wildman–Crippen MR) is 76.8 cm³/mol. The number of imidazole rings is 1. The molecule has 6 heteroatoms. The number of benzene rings is 1. The van der Waals surface area contributed by atoms with Gasteiger partial charge in [0.25, 0.3) is 5.91 Å². The number of aromatic nitrogens is 2. The molecular weight excluding hydrogens is 270 g/mol. The molecule has 0 fully saturated rings. The van der Waals surface area contributed by atoms with E-state index in [1.54, 1.807) is 30.6 Å². The number of hydrogen-bond donors (Lipinski definition) is 2. The molecule has 0 aliphatic rings. The van der Waals surface area contributed by atoms with Crippen molar-refractivity contribution in [2.24, 2.45) is 7.05 Å². The zero-order chi connectivity index (χ0) is 15.2. The molecule has 0 saturated heterocycles. The molecule has 1 amide bonds. The number of amides is 1. The van der Waals surface area contributed by atoms with Gasteiger partial charge >= 0.3 is 5.97 Å². The fourth-order valence-electron chi connectivity index (χ4n) is 2.03. The Labute approximate surface area is 122 Å². The average Bonchev–Trinajstić information content (AvgIpc) is 2.88. The van der Waals surface area contributed by atoms with Gasteiger partial charge in [0.2, 0.25) is 0 Å². The summed E-state index contributed by atoms with van der Waals surface area (Å²) in [5.41, 5.74) is 2.02. The SMILES string of the molecule is Cn1cnc(CNC(=O)c2ccccc2CCC(=O)O)c1. The van der Waals surface area contributed by atoms with Crippen molar-refractivity contribution in [1.29, 1.82) is 0 Å². The minimum atomic E-state index is -0.876. The number of carboxylic acids is 1. The quantitative estimate of drug-likeness (QED) is 0.840. The van der Waals surface area contributed by atoms with Gasteiger partial charge < -0.3 is 15.0 Å². The Hall–Kier alpha value is -2.63. The molecule has 1 aromatic heterocycles. The molecule has 0 bridgehead atoms. The van der Waals surface area contributed by atoms with Crippen LogP contribution < -0.4 is 5.32 Å². The van der Waals surface area contributed by atoms with E-state index in [2.05, 4.69) is 10.3 Å². The summed E-state index contributed by atoms with van der Waals surface area (Å²) in [5, 5.41) is 11.5. The van der Waals surface area contributed by atoms with E-state index in [4.69, 9.17) is 5.11 Å². The first-order valence-corrected chi connectivity index (χ1v) is 6.61. The molecule has 21 heavy (non-hydrogen) atoms. The molecule has 1 aromatic carbocycles. The van der Waals surface area contributed by atoms with Gasteiger partial charge in [0.05, 0.1) is 18.6 Å². The summed E-state index contributed by atoms with van der Waals surface area (Å²) < 4.78 is 1.81. The van der Waals surface area contributed by atoms with Crippen LogP contribution in [-0.2, 0) is 24.8 Å². The Kier molecular flexibility index (Phi) is 4.71. The van der Waals surface area contributed by atoms with Crippen LogP contribution in [0.4, 0.5) is 0 Å². The number of carbonyl (C=O) groups is 2. The number of aryl methyl sites for hydroxylation is 2. The summed E-state index contributed by atoms with van der Waals surface area (Å²) in [7, 11) is 1.86. The summed E-state index contributed by atoms with van der Waals surface area (Å²) >= 11 is 0. The Morgan fingerprint density at radius 2 is 2.10 bits per heavy atom. The highest BCUT2D eigenvalue weighted by Gasteiger charge is 2.12. The monoisotopic (exact) mass is 287 g/mol. The normalized spacial score (nSPS) is 10.3. The molecule has 2 aromatic rings. The van der Waals surface area contributed by atoms with Gasteiger partial charge in [-0.25, -0.2) is 4.98 Å². The van der Waals surface area contributed by atoms with Crippen LogP contribution in [-0.4, -0.2) is 26.5 Å². The number of nitrogens with zero attached hydrogens (tertiary/aromatic N) is 2. The fourth-order valence-corrected chi connectivity index (χ4v) is 2.03. The van der Waals surface area contributed by atoms with Gasteiger partial charge in [0.15, 0.2) is 0 Å². The number of carboxylic acid groups (broad SMARTS) is 1. The van der Waals surface area contributed by atoms with Gasteiger partial charge in [0, 0.05) is 25.2 Å². The Morgan fingerprint density at radius 3 is 2.76 bits per heavy atom. The fraction of sp³-hybridized carbons (Fsp3) is 0.267. The van der Waals surface area contributed by atoms with E-state index in [-0.39, 0.29) is 12.3 Å². The number of nitrogens with one attached hydrogen (secondary N) is 1. The second-order valence-electron chi connectivity index (χ2n) is 4.76. The van der Waals surface area contributed by atoms with Crippen LogP contribution in [0.3, 0.4) is 0 Å². The van der Waals surface area contributed by atoms with Crippen LogP contribution in [0.25, 0.3) is 0 Å². The van der Waals surface area contributed by atoms with Gasteiger partial charge in [-0.1, -0.05) is 18.2 Å². The largest absolute Gasteiger partial charge is 0.481 e. The van der Waals surface area contributed by atoms with E-state index >= 15 is 0 Å². The van der Waals surface area contributed by atoms with Crippen LogP contribution in [0.5, 0.6) is 0 Å². The zero-order valence-electron chi connectivity index (χ0n) is 11.7. The van der Waals surface area contributed by atoms with Crippen LogP contribution in [0.1, 0.15) is 28.0 Å². The van der Waals surface area contributed by atoms with Crippen molar-refractivity contribution in [2.75, 3.05) is 0 Å². The van der Waals surface area contributed by atoms with Crippen molar-refractivity contribution < 1.29 is 14.7 Å². The maximum atomic E-state index is 12.2. The van der Waals surface area contributed by atoms with Gasteiger partial charge in [-0.2, -0.15) is 0 Å².